The Morgan fingerprint density at radius 3 is 2.58 bits per heavy atom. The van der Waals surface area contributed by atoms with Gasteiger partial charge in [-0.2, -0.15) is 5.10 Å². The van der Waals surface area contributed by atoms with Crippen LogP contribution in [0.25, 0.3) is 5.69 Å². The number of nitrogens with one attached hydrogen (secondary N) is 2. The molecule has 3 atom stereocenters. The highest BCUT2D eigenvalue weighted by molar-refractivity contribution is 5.85. The lowest BCUT2D eigenvalue weighted by molar-refractivity contribution is -0.126. The zero-order valence-corrected chi connectivity index (χ0v) is 16.8. The standard InChI is InChI=1S/C20H28N4O.ClH/c1-13-12-18(9-10-21-13)20(25)22-16(4)17-5-7-19(8-6-17)24-15(3)11-14(2)23-24;/h5-8,11,13,16,18,21H,9-10,12H2,1-4H3,(H,22,25);1H/t13-,16?,18-;/m0./s1. The van der Waals surface area contributed by atoms with Crippen LogP contribution in [0.2, 0.25) is 0 Å². The first kappa shape index (κ1) is 20.5. The summed E-state index contributed by atoms with van der Waals surface area (Å²) in [5.41, 5.74) is 4.28. The van der Waals surface area contributed by atoms with E-state index in [1.54, 1.807) is 0 Å². The van der Waals surface area contributed by atoms with Gasteiger partial charge in [0.1, 0.15) is 0 Å². The Hall–Kier alpha value is -1.85. The monoisotopic (exact) mass is 376 g/mol. The Morgan fingerprint density at radius 2 is 2.00 bits per heavy atom. The van der Waals surface area contributed by atoms with E-state index in [2.05, 4.69) is 59.9 Å². The van der Waals surface area contributed by atoms with E-state index in [0.717, 1.165) is 42.0 Å². The summed E-state index contributed by atoms with van der Waals surface area (Å²) in [6.07, 6.45) is 1.83. The molecule has 0 bridgehead atoms. The predicted molar refractivity (Wildman–Crippen MR) is 107 cm³/mol. The lowest BCUT2D eigenvalue weighted by atomic mass is 9.92. The minimum Gasteiger partial charge on any atom is -0.349 e. The third-order valence-electron chi connectivity index (χ3n) is 5.00. The van der Waals surface area contributed by atoms with Crippen LogP contribution < -0.4 is 10.6 Å². The van der Waals surface area contributed by atoms with Crippen molar-refractivity contribution in [3.05, 3.63) is 47.3 Å². The fourth-order valence-electron chi connectivity index (χ4n) is 3.58. The van der Waals surface area contributed by atoms with E-state index in [9.17, 15) is 4.79 Å². The predicted octanol–water partition coefficient (Wildman–Crippen LogP) is 3.48. The van der Waals surface area contributed by atoms with Crippen LogP contribution in [0.5, 0.6) is 0 Å². The lowest BCUT2D eigenvalue weighted by Crippen LogP contribution is -2.42. The van der Waals surface area contributed by atoms with Crippen LogP contribution in [0.1, 0.15) is 49.7 Å². The fourth-order valence-corrected chi connectivity index (χ4v) is 3.58. The van der Waals surface area contributed by atoms with Crippen LogP contribution in [0.15, 0.2) is 30.3 Å². The molecule has 1 unspecified atom stereocenters. The van der Waals surface area contributed by atoms with Crippen LogP contribution in [0.3, 0.4) is 0 Å². The number of amides is 1. The highest BCUT2D eigenvalue weighted by Gasteiger charge is 2.25. The highest BCUT2D eigenvalue weighted by atomic mass is 35.5. The summed E-state index contributed by atoms with van der Waals surface area (Å²) < 4.78 is 1.94. The van der Waals surface area contributed by atoms with Crippen molar-refractivity contribution in [3.8, 4) is 5.69 Å². The molecule has 0 spiro atoms. The van der Waals surface area contributed by atoms with Crippen molar-refractivity contribution in [1.82, 2.24) is 20.4 Å². The van der Waals surface area contributed by atoms with Crippen molar-refractivity contribution in [2.45, 2.75) is 52.6 Å². The number of carbonyl (C=O) groups is 1. The Bertz CT molecular complexity index is 741. The molecule has 142 valence electrons. The second-order valence-corrected chi connectivity index (χ2v) is 7.24. The molecule has 2 N–H and O–H groups in total. The average molecular weight is 377 g/mol. The van der Waals surface area contributed by atoms with E-state index in [4.69, 9.17) is 0 Å². The van der Waals surface area contributed by atoms with E-state index < -0.39 is 0 Å². The topological polar surface area (TPSA) is 59.0 Å². The molecule has 1 amide bonds. The van der Waals surface area contributed by atoms with Crippen molar-refractivity contribution >= 4 is 18.3 Å². The summed E-state index contributed by atoms with van der Waals surface area (Å²) in [5.74, 6) is 0.288. The molecule has 0 radical (unpaired) electrons. The Morgan fingerprint density at radius 1 is 1.31 bits per heavy atom. The molecule has 0 aliphatic carbocycles. The first-order valence-corrected chi connectivity index (χ1v) is 9.11. The number of piperidine rings is 1. The SMILES string of the molecule is Cc1cc(C)n(-c2ccc(C(C)NC(=O)[C@H]3CCN[C@@H](C)C3)cc2)n1.Cl. The first-order valence-electron chi connectivity index (χ1n) is 9.11. The maximum atomic E-state index is 12.5. The first-order chi connectivity index (χ1) is 11.9. The molecule has 26 heavy (non-hydrogen) atoms. The summed E-state index contributed by atoms with van der Waals surface area (Å²) in [4.78, 5) is 12.5. The van der Waals surface area contributed by atoms with Crippen LogP contribution in [-0.4, -0.2) is 28.3 Å². The van der Waals surface area contributed by atoms with Gasteiger partial charge in [0.15, 0.2) is 0 Å². The largest absolute Gasteiger partial charge is 0.349 e. The number of aryl methyl sites for hydroxylation is 2. The third-order valence-corrected chi connectivity index (χ3v) is 5.00. The average Bonchev–Trinajstić information content (AvgIpc) is 2.93. The smallest absolute Gasteiger partial charge is 0.223 e. The molecule has 1 saturated heterocycles. The van der Waals surface area contributed by atoms with E-state index >= 15 is 0 Å². The molecule has 6 heteroatoms. The van der Waals surface area contributed by atoms with Crippen LogP contribution in [0, 0.1) is 19.8 Å². The van der Waals surface area contributed by atoms with Crippen molar-refractivity contribution in [3.63, 3.8) is 0 Å². The number of carbonyl (C=O) groups excluding carboxylic acids is 1. The zero-order chi connectivity index (χ0) is 18.0. The van der Waals surface area contributed by atoms with Crippen LogP contribution >= 0.6 is 12.4 Å². The van der Waals surface area contributed by atoms with Crippen molar-refractivity contribution in [2.75, 3.05) is 6.54 Å². The molecule has 3 rings (SSSR count). The van der Waals surface area contributed by atoms with Gasteiger partial charge in [-0.3, -0.25) is 4.79 Å². The molecule has 2 aromatic rings. The van der Waals surface area contributed by atoms with E-state index in [-0.39, 0.29) is 30.3 Å². The number of halogens is 1. The van der Waals surface area contributed by atoms with Crippen LogP contribution in [-0.2, 0) is 4.79 Å². The molecule has 1 aromatic carbocycles. The second-order valence-electron chi connectivity index (χ2n) is 7.24. The van der Waals surface area contributed by atoms with Crippen molar-refractivity contribution in [2.24, 2.45) is 5.92 Å². The summed E-state index contributed by atoms with van der Waals surface area (Å²) in [5, 5.41) is 11.1. The quantitative estimate of drug-likeness (QED) is 0.858. The minimum atomic E-state index is 0. The molecule has 2 heterocycles. The number of aromatic nitrogens is 2. The van der Waals surface area contributed by atoms with Crippen molar-refractivity contribution < 1.29 is 4.79 Å². The third kappa shape index (κ3) is 4.65. The summed E-state index contributed by atoms with van der Waals surface area (Å²) in [7, 11) is 0. The van der Waals surface area contributed by atoms with E-state index in [1.807, 2.05) is 18.5 Å². The molecular formula is C20H29ClN4O. The molecule has 1 aliphatic heterocycles. The van der Waals surface area contributed by atoms with Crippen molar-refractivity contribution in [1.29, 1.82) is 0 Å². The maximum Gasteiger partial charge on any atom is 0.223 e. The van der Waals surface area contributed by atoms with Gasteiger partial charge in [-0.05, 0) is 70.8 Å². The van der Waals surface area contributed by atoms with Gasteiger partial charge in [0, 0.05) is 17.7 Å². The molecule has 1 aromatic heterocycles. The van der Waals surface area contributed by atoms with Gasteiger partial charge in [0.2, 0.25) is 5.91 Å². The maximum absolute atomic E-state index is 12.5. The number of hydrogen-bond donors (Lipinski definition) is 2. The Balaban J connectivity index is 0.00000243. The van der Waals surface area contributed by atoms with Gasteiger partial charge < -0.3 is 10.6 Å². The minimum absolute atomic E-state index is 0. The molecule has 0 saturated carbocycles. The molecular weight excluding hydrogens is 348 g/mol. The van der Waals surface area contributed by atoms with Gasteiger partial charge in [0.05, 0.1) is 17.4 Å². The fraction of sp³-hybridized carbons (Fsp3) is 0.500. The summed E-state index contributed by atoms with van der Waals surface area (Å²) in [6.45, 7) is 9.15. The molecule has 5 nitrogen and oxygen atoms in total. The number of benzene rings is 1. The lowest BCUT2D eigenvalue weighted by Gasteiger charge is -2.28. The zero-order valence-electron chi connectivity index (χ0n) is 16.0. The number of hydrogen-bond acceptors (Lipinski definition) is 3. The molecule has 1 fully saturated rings. The van der Waals surface area contributed by atoms with Gasteiger partial charge in [-0.25, -0.2) is 4.68 Å². The Labute approximate surface area is 162 Å². The molecule has 1 aliphatic rings. The van der Waals surface area contributed by atoms with Gasteiger partial charge in [0.25, 0.3) is 0 Å². The number of rotatable bonds is 4. The van der Waals surface area contributed by atoms with Gasteiger partial charge in [-0.1, -0.05) is 12.1 Å². The number of nitrogens with zero attached hydrogens (tertiary/aromatic N) is 2. The second kappa shape index (κ2) is 8.69. The van der Waals surface area contributed by atoms with Crippen LogP contribution in [0.4, 0.5) is 0 Å². The Kier molecular flexibility index (Phi) is 6.84. The van der Waals surface area contributed by atoms with Gasteiger partial charge >= 0.3 is 0 Å². The summed E-state index contributed by atoms with van der Waals surface area (Å²) in [6, 6.07) is 10.8. The van der Waals surface area contributed by atoms with Gasteiger partial charge in [-0.15, -0.1) is 12.4 Å². The van der Waals surface area contributed by atoms with E-state index in [1.165, 1.54) is 0 Å². The summed E-state index contributed by atoms with van der Waals surface area (Å²) >= 11 is 0. The highest BCUT2D eigenvalue weighted by Crippen LogP contribution is 2.20. The van der Waals surface area contributed by atoms with E-state index in [0.29, 0.717) is 6.04 Å². The normalized spacial score (nSPS) is 20.9.